The molecule has 0 aliphatic carbocycles. The second-order valence-corrected chi connectivity index (χ2v) is 7.66. The minimum atomic E-state index is -3.80. The van der Waals surface area contributed by atoms with Crippen LogP contribution in [0.1, 0.15) is 22.8 Å². The van der Waals surface area contributed by atoms with E-state index in [2.05, 4.69) is 16.6 Å². The van der Waals surface area contributed by atoms with Crippen molar-refractivity contribution in [1.29, 1.82) is 5.26 Å². The van der Waals surface area contributed by atoms with Gasteiger partial charge in [-0.15, -0.1) is 6.58 Å². The number of esters is 1. The Balaban J connectivity index is 2.05. The number of benzene rings is 2. The molecule has 29 heavy (non-hydrogen) atoms. The predicted octanol–water partition coefficient (Wildman–Crippen LogP) is 2.21. The number of carbonyl (C=O) groups is 2. The Hall–Kier alpha value is -3.48. The number of nitriles is 1. The van der Waals surface area contributed by atoms with Crippen LogP contribution in [-0.4, -0.2) is 32.9 Å². The largest absolute Gasteiger partial charge is 0.449 e. The molecule has 1 amide bonds. The summed E-state index contributed by atoms with van der Waals surface area (Å²) in [5.74, 6) is -1.41. The van der Waals surface area contributed by atoms with E-state index in [1.54, 1.807) is 24.3 Å². The van der Waals surface area contributed by atoms with E-state index in [9.17, 15) is 18.0 Å². The van der Waals surface area contributed by atoms with Crippen LogP contribution in [-0.2, 0) is 19.6 Å². The normalized spacial score (nSPS) is 11.7. The maximum absolute atomic E-state index is 12.3. The number of rotatable bonds is 8. The van der Waals surface area contributed by atoms with Gasteiger partial charge in [0.2, 0.25) is 10.0 Å². The number of hydrogen-bond acceptors (Lipinski definition) is 6. The molecule has 1 atom stereocenters. The first kappa shape index (κ1) is 21.8. The van der Waals surface area contributed by atoms with E-state index in [1.165, 1.54) is 37.3 Å². The molecule has 0 saturated heterocycles. The van der Waals surface area contributed by atoms with Crippen molar-refractivity contribution in [2.45, 2.75) is 17.9 Å². The molecule has 0 unspecified atom stereocenters. The van der Waals surface area contributed by atoms with Crippen LogP contribution in [0.3, 0.4) is 0 Å². The standard InChI is InChI=1S/C20H19N3O5S/c1-3-11-22-29(26,27)18-6-4-5-16(12-18)20(25)28-14(2)19(24)23-17-9-7-15(13-21)8-10-17/h3-10,12,14,22H,1,11H2,2H3,(H,23,24)/t14-/m0/s1. The van der Waals surface area contributed by atoms with Gasteiger partial charge in [0, 0.05) is 12.2 Å². The number of amides is 1. The highest BCUT2D eigenvalue weighted by atomic mass is 32.2. The number of carbonyl (C=O) groups excluding carboxylic acids is 2. The van der Waals surface area contributed by atoms with Gasteiger partial charge in [-0.25, -0.2) is 17.9 Å². The second kappa shape index (κ2) is 9.64. The van der Waals surface area contributed by atoms with Crippen LogP contribution in [0.5, 0.6) is 0 Å². The fourth-order valence-corrected chi connectivity index (χ4v) is 3.24. The molecule has 2 aromatic carbocycles. The third-order valence-corrected chi connectivity index (χ3v) is 5.15. The highest BCUT2D eigenvalue weighted by Gasteiger charge is 2.21. The van der Waals surface area contributed by atoms with Crippen molar-refractivity contribution >= 4 is 27.6 Å². The number of nitrogens with zero attached hydrogens (tertiary/aromatic N) is 1. The van der Waals surface area contributed by atoms with Crippen LogP contribution < -0.4 is 10.0 Å². The Bertz CT molecular complexity index is 1060. The summed E-state index contributed by atoms with van der Waals surface area (Å²) in [4.78, 5) is 24.4. The molecule has 2 aromatic rings. The zero-order valence-corrected chi connectivity index (χ0v) is 16.4. The molecule has 0 saturated carbocycles. The molecule has 0 heterocycles. The summed E-state index contributed by atoms with van der Waals surface area (Å²) in [5, 5.41) is 11.3. The fourth-order valence-electron chi connectivity index (χ4n) is 2.20. The number of anilines is 1. The van der Waals surface area contributed by atoms with E-state index in [-0.39, 0.29) is 17.0 Å². The number of ether oxygens (including phenoxy) is 1. The Morgan fingerprint density at radius 2 is 1.93 bits per heavy atom. The summed E-state index contributed by atoms with van der Waals surface area (Å²) in [6.07, 6.45) is 0.265. The first-order valence-electron chi connectivity index (χ1n) is 8.49. The van der Waals surface area contributed by atoms with Gasteiger partial charge in [0.1, 0.15) is 0 Å². The second-order valence-electron chi connectivity index (χ2n) is 5.89. The Morgan fingerprint density at radius 3 is 2.55 bits per heavy atom. The number of sulfonamides is 1. The minimum absolute atomic E-state index is 0.00972. The van der Waals surface area contributed by atoms with Crippen molar-refractivity contribution in [3.05, 3.63) is 72.3 Å². The van der Waals surface area contributed by atoms with Gasteiger partial charge in [-0.1, -0.05) is 12.1 Å². The molecular weight excluding hydrogens is 394 g/mol. The molecule has 2 N–H and O–H groups in total. The molecule has 9 heteroatoms. The lowest BCUT2D eigenvalue weighted by molar-refractivity contribution is -0.123. The van der Waals surface area contributed by atoms with Crippen LogP contribution >= 0.6 is 0 Å². The molecule has 150 valence electrons. The fraction of sp³-hybridized carbons (Fsp3) is 0.150. The summed E-state index contributed by atoms with van der Waals surface area (Å²) in [6.45, 7) is 4.87. The van der Waals surface area contributed by atoms with Crippen LogP contribution in [0.25, 0.3) is 0 Å². The van der Waals surface area contributed by atoms with Crippen LogP contribution in [0.4, 0.5) is 5.69 Å². The molecule has 0 aromatic heterocycles. The van der Waals surface area contributed by atoms with Gasteiger partial charge in [-0.2, -0.15) is 5.26 Å². The third-order valence-electron chi connectivity index (χ3n) is 3.73. The molecule has 0 spiro atoms. The van der Waals surface area contributed by atoms with Gasteiger partial charge in [-0.05, 0) is 49.4 Å². The van der Waals surface area contributed by atoms with Crippen LogP contribution in [0.15, 0.2) is 66.1 Å². The van der Waals surface area contributed by atoms with Crippen molar-refractivity contribution in [2.75, 3.05) is 11.9 Å². The molecule has 0 aliphatic rings. The molecule has 2 rings (SSSR count). The van der Waals surface area contributed by atoms with E-state index in [0.29, 0.717) is 11.3 Å². The Morgan fingerprint density at radius 1 is 1.24 bits per heavy atom. The van der Waals surface area contributed by atoms with Gasteiger partial charge >= 0.3 is 5.97 Å². The zero-order chi connectivity index (χ0) is 21.4. The summed E-state index contributed by atoms with van der Waals surface area (Å²) >= 11 is 0. The molecular formula is C20H19N3O5S. The molecule has 0 bridgehead atoms. The summed E-state index contributed by atoms with van der Waals surface area (Å²) in [5.41, 5.74) is 0.877. The lowest BCUT2D eigenvalue weighted by Gasteiger charge is -2.14. The van der Waals surface area contributed by atoms with E-state index >= 15 is 0 Å². The van der Waals surface area contributed by atoms with Crippen molar-refractivity contribution in [3.8, 4) is 6.07 Å². The third kappa shape index (κ3) is 6.00. The van der Waals surface area contributed by atoms with Crippen molar-refractivity contribution < 1.29 is 22.7 Å². The Kier molecular flexibility index (Phi) is 7.25. The topological polar surface area (TPSA) is 125 Å². The van der Waals surface area contributed by atoms with Gasteiger partial charge in [0.05, 0.1) is 22.1 Å². The monoisotopic (exact) mass is 413 g/mol. The van der Waals surface area contributed by atoms with E-state index in [0.717, 1.165) is 0 Å². The van der Waals surface area contributed by atoms with Crippen LogP contribution in [0, 0.1) is 11.3 Å². The van der Waals surface area contributed by atoms with Gasteiger partial charge in [0.25, 0.3) is 5.91 Å². The first-order valence-corrected chi connectivity index (χ1v) is 9.98. The molecule has 8 nitrogen and oxygen atoms in total. The summed E-state index contributed by atoms with van der Waals surface area (Å²) in [6, 6.07) is 13.4. The highest BCUT2D eigenvalue weighted by molar-refractivity contribution is 7.89. The number of nitrogens with one attached hydrogen (secondary N) is 2. The maximum Gasteiger partial charge on any atom is 0.338 e. The number of hydrogen-bond donors (Lipinski definition) is 2. The summed E-state index contributed by atoms with van der Waals surface area (Å²) < 4.78 is 31.7. The molecule has 0 aliphatic heterocycles. The minimum Gasteiger partial charge on any atom is -0.449 e. The van der Waals surface area contributed by atoms with E-state index in [1.807, 2.05) is 6.07 Å². The maximum atomic E-state index is 12.3. The van der Waals surface area contributed by atoms with Crippen molar-refractivity contribution in [3.63, 3.8) is 0 Å². The summed E-state index contributed by atoms with van der Waals surface area (Å²) in [7, 11) is -3.80. The average Bonchev–Trinajstić information content (AvgIpc) is 2.72. The van der Waals surface area contributed by atoms with Gasteiger partial charge < -0.3 is 10.1 Å². The first-order chi connectivity index (χ1) is 13.8. The van der Waals surface area contributed by atoms with E-state index < -0.39 is 28.0 Å². The lowest BCUT2D eigenvalue weighted by Crippen LogP contribution is -2.30. The van der Waals surface area contributed by atoms with Gasteiger partial charge in [0.15, 0.2) is 6.10 Å². The average molecular weight is 413 g/mol. The van der Waals surface area contributed by atoms with Crippen LogP contribution in [0.2, 0.25) is 0 Å². The quantitative estimate of drug-likeness (QED) is 0.505. The van der Waals surface area contributed by atoms with Crippen molar-refractivity contribution in [2.24, 2.45) is 0 Å². The van der Waals surface area contributed by atoms with Gasteiger partial charge in [-0.3, -0.25) is 4.79 Å². The smallest absolute Gasteiger partial charge is 0.338 e. The zero-order valence-electron chi connectivity index (χ0n) is 15.6. The highest BCUT2D eigenvalue weighted by Crippen LogP contribution is 2.14. The SMILES string of the molecule is C=CCNS(=O)(=O)c1cccc(C(=O)O[C@@H](C)C(=O)Nc2ccc(C#N)cc2)c1. The Labute approximate surface area is 168 Å². The lowest BCUT2D eigenvalue weighted by atomic mass is 10.2. The van der Waals surface area contributed by atoms with Crippen molar-refractivity contribution in [1.82, 2.24) is 4.72 Å². The molecule has 0 fully saturated rings. The predicted molar refractivity (Wildman–Crippen MR) is 106 cm³/mol. The van der Waals surface area contributed by atoms with E-state index in [4.69, 9.17) is 10.00 Å². The molecule has 0 radical (unpaired) electrons.